The van der Waals surface area contributed by atoms with Gasteiger partial charge < -0.3 is 14.6 Å². The van der Waals surface area contributed by atoms with Crippen molar-refractivity contribution in [2.24, 2.45) is 17.3 Å². The van der Waals surface area contributed by atoms with E-state index >= 15 is 0 Å². The Balaban J connectivity index is 1.52. The molecule has 5 aliphatic rings. The number of terminal acetylenes is 1. The number of hydrogen-bond donors (Lipinski definition) is 1. The Morgan fingerprint density at radius 2 is 2.03 bits per heavy atom. The van der Waals surface area contributed by atoms with Gasteiger partial charge in [-0.1, -0.05) is 18.6 Å². The molecule has 0 spiro atoms. The Labute approximate surface area is 189 Å². The molecule has 0 bridgehead atoms. The van der Waals surface area contributed by atoms with Crippen LogP contribution >= 0.6 is 0 Å². The van der Waals surface area contributed by atoms with Crippen LogP contribution in [0, 0.1) is 29.6 Å². The Morgan fingerprint density at radius 1 is 1.19 bits per heavy atom. The topological polar surface area (TPSA) is 55.8 Å². The van der Waals surface area contributed by atoms with Crippen LogP contribution in [0.15, 0.2) is 41.0 Å². The van der Waals surface area contributed by atoms with Crippen molar-refractivity contribution in [1.82, 2.24) is 0 Å². The molecule has 6 rings (SSSR count). The standard InChI is InChI=1S/C28H30O4/c1-3-11-28(30)12-10-23-21-7-4-17-13-19(29)6-8-20(17)26(21)22(15-27(23,28)2)18-5-9-24-25(14-18)32-16-31-24/h1,5,9,13-14,21-23,30H,4,6-8,10-12,15-16H2,2H3/t21?,22-,23?,27?,28+/m1/s1. The highest BCUT2D eigenvalue weighted by Gasteiger charge is 2.62. The van der Waals surface area contributed by atoms with Crippen LogP contribution in [0.3, 0.4) is 0 Å². The lowest BCUT2D eigenvalue weighted by molar-refractivity contribution is -0.114. The summed E-state index contributed by atoms with van der Waals surface area (Å²) >= 11 is 0. The molecule has 4 heteroatoms. The zero-order valence-electron chi connectivity index (χ0n) is 18.7. The number of fused-ring (bicyclic) bond motifs is 5. The molecular formula is C28H30O4. The second-order valence-corrected chi connectivity index (χ2v) is 10.6. The molecule has 166 valence electrons. The van der Waals surface area contributed by atoms with Crippen molar-refractivity contribution in [3.8, 4) is 23.8 Å². The van der Waals surface area contributed by atoms with Crippen LogP contribution in [-0.2, 0) is 4.79 Å². The molecule has 5 atom stereocenters. The SMILES string of the molecule is C#CC[C@]1(O)CCC2C3CCC4=CC(=O)CCC4=C3[C@@H](c3ccc4c(c3)OCO4)CC21C. The van der Waals surface area contributed by atoms with E-state index in [-0.39, 0.29) is 23.9 Å². The number of hydrogen-bond acceptors (Lipinski definition) is 4. The van der Waals surface area contributed by atoms with E-state index < -0.39 is 5.60 Å². The average Bonchev–Trinajstić information content (AvgIpc) is 3.35. The third-order valence-electron chi connectivity index (χ3n) is 9.25. The zero-order chi connectivity index (χ0) is 22.1. The molecular weight excluding hydrogens is 400 g/mol. The molecule has 2 saturated carbocycles. The molecule has 32 heavy (non-hydrogen) atoms. The van der Waals surface area contributed by atoms with E-state index in [9.17, 15) is 9.90 Å². The van der Waals surface area contributed by atoms with Crippen LogP contribution in [0.1, 0.15) is 69.8 Å². The summed E-state index contributed by atoms with van der Waals surface area (Å²) in [6.45, 7) is 2.54. The fourth-order valence-corrected chi connectivity index (χ4v) is 7.64. The molecule has 0 saturated heterocycles. The van der Waals surface area contributed by atoms with Gasteiger partial charge in [-0.2, -0.15) is 0 Å². The molecule has 1 aromatic carbocycles. The lowest BCUT2D eigenvalue weighted by Gasteiger charge is -2.54. The summed E-state index contributed by atoms with van der Waals surface area (Å²) in [5, 5.41) is 11.8. The summed E-state index contributed by atoms with van der Waals surface area (Å²) in [5.41, 5.74) is 4.34. The number of ketones is 1. The summed E-state index contributed by atoms with van der Waals surface area (Å²) in [6, 6.07) is 6.30. The summed E-state index contributed by atoms with van der Waals surface area (Å²) in [7, 11) is 0. The maximum Gasteiger partial charge on any atom is 0.231 e. The number of rotatable bonds is 2. The monoisotopic (exact) mass is 430 g/mol. The van der Waals surface area contributed by atoms with Crippen molar-refractivity contribution in [2.75, 3.05) is 6.79 Å². The first-order valence-corrected chi connectivity index (χ1v) is 12.0. The van der Waals surface area contributed by atoms with Crippen molar-refractivity contribution >= 4 is 5.78 Å². The molecule has 1 aliphatic heterocycles. The molecule has 1 N–H and O–H groups in total. The van der Waals surface area contributed by atoms with Gasteiger partial charge in [-0.05, 0) is 85.3 Å². The largest absolute Gasteiger partial charge is 0.454 e. The fraction of sp³-hybridized carbons (Fsp3) is 0.536. The normalized spacial score (nSPS) is 37.3. The zero-order valence-corrected chi connectivity index (χ0v) is 18.7. The van der Waals surface area contributed by atoms with E-state index in [1.165, 1.54) is 22.3 Å². The van der Waals surface area contributed by atoms with E-state index in [4.69, 9.17) is 15.9 Å². The van der Waals surface area contributed by atoms with Crippen LogP contribution in [0.4, 0.5) is 0 Å². The van der Waals surface area contributed by atoms with Crippen LogP contribution in [0.5, 0.6) is 11.5 Å². The van der Waals surface area contributed by atoms with Crippen LogP contribution < -0.4 is 9.47 Å². The molecule has 1 aromatic rings. The first-order chi connectivity index (χ1) is 15.4. The van der Waals surface area contributed by atoms with Gasteiger partial charge in [-0.15, -0.1) is 12.3 Å². The third kappa shape index (κ3) is 2.70. The van der Waals surface area contributed by atoms with Crippen molar-refractivity contribution in [1.29, 1.82) is 0 Å². The molecule has 1 heterocycles. The minimum absolute atomic E-state index is 0.185. The number of carbonyl (C=O) groups is 1. The van der Waals surface area contributed by atoms with Crippen LogP contribution in [0.2, 0.25) is 0 Å². The van der Waals surface area contributed by atoms with E-state index in [1.54, 1.807) is 0 Å². The molecule has 0 radical (unpaired) electrons. The second kappa shape index (κ2) is 6.99. The maximum absolute atomic E-state index is 12.2. The number of aliphatic hydroxyl groups is 1. The first kappa shape index (κ1) is 20.1. The quantitative estimate of drug-likeness (QED) is 0.666. The van der Waals surface area contributed by atoms with E-state index in [0.29, 0.717) is 24.7 Å². The number of ether oxygens (including phenoxy) is 2. The lowest BCUT2D eigenvalue weighted by atomic mass is 9.51. The fourth-order valence-electron chi connectivity index (χ4n) is 7.64. The van der Waals surface area contributed by atoms with Gasteiger partial charge in [-0.3, -0.25) is 4.79 Å². The minimum Gasteiger partial charge on any atom is -0.454 e. The van der Waals surface area contributed by atoms with E-state index in [0.717, 1.165) is 50.0 Å². The highest BCUT2D eigenvalue weighted by Crippen LogP contribution is 2.67. The van der Waals surface area contributed by atoms with Gasteiger partial charge in [0.05, 0.1) is 5.60 Å². The Morgan fingerprint density at radius 3 is 2.88 bits per heavy atom. The summed E-state index contributed by atoms with van der Waals surface area (Å²) in [4.78, 5) is 12.2. The molecule has 4 aliphatic carbocycles. The van der Waals surface area contributed by atoms with E-state index in [2.05, 4.69) is 25.0 Å². The van der Waals surface area contributed by atoms with Gasteiger partial charge in [0.25, 0.3) is 0 Å². The smallest absolute Gasteiger partial charge is 0.231 e. The van der Waals surface area contributed by atoms with Gasteiger partial charge in [0.15, 0.2) is 17.3 Å². The van der Waals surface area contributed by atoms with Gasteiger partial charge >= 0.3 is 0 Å². The summed E-state index contributed by atoms with van der Waals surface area (Å²) in [5.74, 6) is 5.66. The molecule has 4 nitrogen and oxygen atoms in total. The van der Waals surface area contributed by atoms with Gasteiger partial charge in [-0.25, -0.2) is 0 Å². The highest BCUT2D eigenvalue weighted by atomic mass is 16.7. The summed E-state index contributed by atoms with van der Waals surface area (Å²) in [6.07, 6.45) is 14.1. The maximum atomic E-state index is 12.2. The number of allylic oxidation sites excluding steroid dienone is 4. The van der Waals surface area contributed by atoms with Crippen LogP contribution in [-0.4, -0.2) is 23.3 Å². The van der Waals surface area contributed by atoms with Gasteiger partial charge in [0.1, 0.15) is 0 Å². The lowest BCUT2D eigenvalue weighted by Crippen LogP contribution is -2.51. The highest BCUT2D eigenvalue weighted by molar-refractivity contribution is 5.93. The first-order valence-electron chi connectivity index (χ1n) is 12.0. The Hall–Kier alpha value is -2.51. The van der Waals surface area contributed by atoms with Gasteiger partial charge in [0, 0.05) is 24.2 Å². The predicted molar refractivity (Wildman–Crippen MR) is 121 cm³/mol. The predicted octanol–water partition coefficient (Wildman–Crippen LogP) is 5.07. The van der Waals surface area contributed by atoms with Gasteiger partial charge in [0.2, 0.25) is 6.79 Å². The minimum atomic E-state index is -0.824. The van der Waals surface area contributed by atoms with Crippen molar-refractivity contribution < 1.29 is 19.4 Å². The Bertz CT molecular complexity index is 1100. The number of benzene rings is 1. The molecule has 0 amide bonds. The van der Waals surface area contributed by atoms with Crippen molar-refractivity contribution in [2.45, 2.75) is 69.8 Å². The molecule has 0 aromatic heterocycles. The van der Waals surface area contributed by atoms with Crippen molar-refractivity contribution in [3.63, 3.8) is 0 Å². The second-order valence-electron chi connectivity index (χ2n) is 10.6. The summed E-state index contributed by atoms with van der Waals surface area (Å²) < 4.78 is 11.3. The Kier molecular flexibility index (Phi) is 4.40. The molecule has 2 fully saturated rings. The molecule has 3 unspecified atom stereocenters. The van der Waals surface area contributed by atoms with Crippen molar-refractivity contribution in [3.05, 3.63) is 46.6 Å². The van der Waals surface area contributed by atoms with Crippen LogP contribution in [0.25, 0.3) is 0 Å². The third-order valence-corrected chi connectivity index (χ3v) is 9.25. The number of carbonyl (C=O) groups excluding carboxylic acids is 1. The van der Waals surface area contributed by atoms with E-state index in [1.807, 2.05) is 12.1 Å². The average molecular weight is 431 g/mol.